The Morgan fingerprint density at radius 2 is 2.11 bits per heavy atom. The van der Waals surface area contributed by atoms with Crippen molar-refractivity contribution in [3.05, 3.63) is 34.9 Å². The lowest BCUT2D eigenvalue weighted by atomic mass is 9.97. The van der Waals surface area contributed by atoms with E-state index < -0.39 is 5.97 Å². The molecular formula is C13H13BrO4. The van der Waals surface area contributed by atoms with Gasteiger partial charge in [0.2, 0.25) is 0 Å². The minimum atomic E-state index is -0.641. The molecule has 0 amide bonds. The van der Waals surface area contributed by atoms with Crippen molar-refractivity contribution in [1.82, 2.24) is 0 Å². The number of hydrogen-bond acceptors (Lipinski definition) is 4. The summed E-state index contributed by atoms with van der Waals surface area (Å²) < 4.78 is 4.88. The smallest absolute Gasteiger partial charge is 0.339 e. The van der Waals surface area contributed by atoms with Crippen molar-refractivity contribution >= 4 is 34.0 Å². The number of alkyl halides is 1. The molecule has 0 radical (unpaired) electrons. The molecule has 18 heavy (non-hydrogen) atoms. The average molecular weight is 313 g/mol. The van der Waals surface area contributed by atoms with E-state index in [-0.39, 0.29) is 35.5 Å². The van der Waals surface area contributed by atoms with Gasteiger partial charge in [-0.2, -0.15) is 0 Å². The van der Waals surface area contributed by atoms with Crippen molar-refractivity contribution in [1.29, 1.82) is 0 Å². The third-order valence-corrected chi connectivity index (χ3v) is 2.72. The molecule has 5 heteroatoms. The fraction of sp³-hybridized carbons (Fsp3) is 0.308. The lowest BCUT2D eigenvalue weighted by Crippen LogP contribution is -2.15. The summed E-state index contributed by atoms with van der Waals surface area (Å²) in [5.74, 6) is -0.836. The Balaban J connectivity index is 3.28. The van der Waals surface area contributed by atoms with Crippen LogP contribution in [0.2, 0.25) is 0 Å². The zero-order chi connectivity index (χ0) is 13.5. The highest BCUT2D eigenvalue weighted by atomic mass is 79.9. The van der Waals surface area contributed by atoms with Crippen molar-refractivity contribution in [2.75, 3.05) is 11.9 Å². The van der Waals surface area contributed by atoms with Crippen LogP contribution in [0, 0.1) is 0 Å². The Kier molecular flexibility index (Phi) is 5.71. The molecule has 0 aliphatic carbocycles. The number of ketones is 1. The third-order valence-electron chi connectivity index (χ3n) is 2.33. The summed E-state index contributed by atoms with van der Waals surface area (Å²) in [7, 11) is 0. The van der Waals surface area contributed by atoms with E-state index in [0.29, 0.717) is 11.6 Å². The molecule has 0 atom stereocenters. The molecule has 1 aromatic carbocycles. The summed E-state index contributed by atoms with van der Waals surface area (Å²) in [6, 6.07) is 4.60. The molecule has 0 N–H and O–H groups in total. The fourth-order valence-corrected chi connectivity index (χ4v) is 1.91. The average Bonchev–Trinajstić information content (AvgIpc) is 2.38. The first-order valence-corrected chi connectivity index (χ1v) is 6.62. The van der Waals surface area contributed by atoms with E-state index >= 15 is 0 Å². The Morgan fingerprint density at radius 1 is 1.39 bits per heavy atom. The number of hydrogen-bond donors (Lipinski definition) is 0. The summed E-state index contributed by atoms with van der Waals surface area (Å²) in [4.78, 5) is 34.6. The second kappa shape index (κ2) is 7.06. The van der Waals surface area contributed by atoms with Gasteiger partial charge in [-0.1, -0.05) is 34.1 Å². The van der Waals surface area contributed by atoms with Gasteiger partial charge >= 0.3 is 5.97 Å². The first-order chi connectivity index (χ1) is 8.65. The van der Waals surface area contributed by atoms with Crippen LogP contribution in [0.4, 0.5) is 0 Å². The molecule has 0 aliphatic heterocycles. The molecule has 1 aromatic rings. The number of aldehydes is 1. The van der Waals surface area contributed by atoms with Gasteiger partial charge in [0.1, 0.15) is 0 Å². The molecule has 0 spiro atoms. The molecule has 4 nitrogen and oxygen atoms in total. The number of esters is 1. The van der Waals surface area contributed by atoms with E-state index in [9.17, 15) is 14.4 Å². The largest absolute Gasteiger partial charge is 0.462 e. The van der Waals surface area contributed by atoms with Gasteiger partial charge in [0.15, 0.2) is 12.1 Å². The van der Waals surface area contributed by atoms with Crippen molar-refractivity contribution < 1.29 is 19.1 Å². The second-order valence-electron chi connectivity index (χ2n) is 3.47. The molecule has 0 bridgehead atoms. The topological polar surface area (TPSA) is 60.4 Å². The number of benzene rings is 1. The minimum absolute atomic E-state index is 0.0558. The minimum Gasteiger partial charge on any atom is -0.462 e. The highest BCUT2D eigenvalue weighted by Crippen LogP contribution is 2.17. The van der Waals surface area contributed by atoms with Gasteiger partial charge in [-0.25, -0.2) is 4.79 Å². The number of carbonyl (C=O) groups excluding carboxylic acids is 3. The van der Waals surface area contributed by atoms with Crippen LogP contribution < -0.4 is 0 Å². The van der Waals surface area contributed by atoms with Crippen molar-refractivity contribution in [3.63, 3.8) is 0 Å². The van der Waals surface area contributed by atoms with Gasteiger partial charge in [0.25, 0.3) is 0 Å². The van der Waals surface area contributed by atoms with Crippen molar-refractivity contribution in [2.45, 2.75) is 13.3 Å². The SMILES string of the molecule is CCOC(=O)c1c(C=O)cccc1C(=O)CCBr. The van der Waals surface area contributed by atoms with Crippen LogP contribution >= 0.6 is 15.9 Å². The standard InChI is InChI=1S/C13H13BrO4/c1-2-18-13(17)12-9(8-15)4-3-5-10(12)11(16)6-7-14/h3-5,8H,2,6-7H2,1H3. The molecule has 0 unspecified atom stereocenters. The molecule has 0 fully saturated rings. The number of ether oxygens (including phenoxy) is 1. The maximum atomic E-state index is 11.9. The van der Waals surface area contributed by atoms with Crippen LogP contribution in [0.5, 0.6) is 0 Å². The number of rotatable bonds is 6. The zero-order valence-corrected chi connectivity index (χ0v) is 11.5. The van der Waals surface area contributed by atoms with E-state index in [1.165, 1.54) is 12.1 Å². The maximum absolute atomic E-state index is 11.9. The summed E-state index contributed by atoms with van der Waals surface area (Å²) in [6.45, 7) is 1.86. The van der Waals surface area contributed by atoms with Gasteiger partial charge in [-0.05, 0) is 6.92 Å². The van der Waals surface area contributed by atoms with Gasteiger partial charge in [0, 0.05) is 22.9 Å². The van der Waals surface area contributed by atoms with Crippen LogP contribution in [0.3, 0.4) is 0 Å². The first kappa shape index (κ1) is 14.6. The van der Waals surface area contributed by atoms with Crippen LogP contribution in [0.1, 0.15) is 44.4 Å². The van der Waals surface area contributed by atoms with Crippen LogP contribution in [0.15, 0.2) is 18.2 Å². The monoisotopic (exact) mass is 312 g/mol. The van der Waals surface area contributed by atoms with Gasteiger partial charge in [-0.15, -0.1) is 0 Å². The van der Waals surface area contributed by atoms with Gasteiger partial charge < -0.3 is 4.74 Å². The number of carbonyl (C=O) groups is 3. The second-order valence-corrected chi connectivity index (χ2v) is 4.26. The lowest BCUT2D eigenvalue weighted by molar-refractivity contribution is 0.0521. The van der Waals surface area contributed by atoms with E-state index in [4.69, 9.17) is 4.74 Å². The fourth-order valence-electron chi connectivity index (χ4n) is 1.55. The molecule has 96 valence electrons. The predicted molar refractivity (Wildman–Crippen MR) is 70.5 cm³/mol. The summed E-state index contributed by atoms with van der Waals surface area (Å²) in [5.41, 5.74) is 0.465. The molecular weight excluding hydrogens is 300 g/mol. The van der Waals surface area contributed by atoms with E-state index in [1.807, 2.05) is 0 Å². The molecule has 0 saturated heterocycles. The number of Topliss-reactive ketones (excluding diaryl/α,β-unsaturated/α-hetero) is 1. The van der Waals surface area contributed by atoms with E-state index in [0.717, 1.165) is 0 Å². The molecule has 0 aliphatic rings. The summed E-state index contributed by atoms with van der Waals surface area (Å²) in [5, 5.41) is 0.499. The highest BCUT2D eigenvalue weighted by molar-refractivity contribution is 9.09. The normalized spacial score (nSPS) is 9.89. The Hall–Kier alpha value is -1.49. The Labute approximate surface area is 113 Å². The zero-order valence-electron chi connectivity index (χ0n) is 9.94. The van der Waals surface area contributed by atoms with E-state index in [2.05, 4.69) is 15.9 Å². The third kappa shape index (κ3) is 3.26. The molecule has 0 heterocycles. The van der Waals surface area contributed by atoms with Crippen molar-refractivity contribution in [2.24, 2.45) is 0 Å². The first-order valence-electron chi connectivity index (χ1n) is 5.50. The van der Waals surface area contributed by atoms with Gasteiger partial charge in [0.05, 0.1) is 12.2 Å². The van der Waals surface area contributed by atoms with Crippen LogP contribution in [0.25, 0.3) is 0 Å². The summed E-state index contributed by atoms with van der Waals surface area (Å²) in [6.07, 6.45) is 0.811. The van der Waals surface area contributed by atoms with E-state index in [1.54, 1.807) is 13.0 Å². The predicted octanol–water partition coefficient (Wildman–Crippen LogP) is 2.64. The van der Waals surface area contributed by atoms with Crippen LogP contribution in [-0.4, -0.2) is 30.0 Å². The molecule has 1 rings (SSSR count). The van der Waals surface area contributed by atoms with Crippen LogP contribution in [-0.2, 0) is 4.74 Å². The quantitative estimate of drug-likeness (QED) is 0.351. The van der Waals surface area contributed by atoms with Gasteiger partial charge in [-0.3, -0.25) is 9.59 Å². The summed E-state index contributed by atoms with van der Waals surface area (Å²) >= 11 is 3.17. The number of halogens is 1. The highest BCUT2D eigenvalue weighted by Gasteiger charge is 2.21. The maximum Gasteiger partial charge on any atom is 0.339 e. The Morgan fingerprint density at radius 3 is 2.67 bits per heavy atom. The molecule has 0 saturated carbocycles. The molecule has 0 aromatic heterocycles. The van der Waals surface area contributed by atoms with Crippen molar-refractivity contribution in [3.8, 4) is 0 Å². The lowest BCUT2D eigenvalue weighted by Gasteiger charge is -2.09. The Bertz CT molecular complexity index is 468.